The first kappa shape index (κ1) is 19.9. The van der Waals surface area contributed by atoms with E-state index in [-0.39, 0.29) is 12.1 Å². The largest absolute Gasteiger partial charge is 0.471 e. The van der Waals surface area contributed by atoms with Crippen LogP contribution in [0.5, 0.6) is 0 Å². The molecule has 0 fully saturated rings. The van der Waals surface area contributed by atoms with E-state index in [1.807, 2.05) is 19.1 Å². The lowest BCUT2D eigenvalue weighted by molar-refractivity contribution is -0.186. The molecule has 2 aromatic carbocycles. The predicted octanol–water partition coefficient (Wildman–Crippen LogP) is 4.58. The van der Waals surface area contributed by atoms with E-state index in [9.17, 15) is 22.8 Å². The Morgan fingerprint density at radius 2 is 1.75 bits per heavy atom. The van der Waals surface area contributed by atoms with Crippen LogP contribution in [0.15, 0.2) is 53.3 Å². The summed E-state index contributed by atoms with van der Waals surface area (Å²) in [6, 6.07) is 13.0. The molecule has 1 N–H and O–H groups in total. The van der Waals surface area contributed by atoms with Gasteiger partial charge in [0.1, 0.15) is 0 Å². The fourth-order valence-corrected chi connectivity index (χ4v) is 3.01. The molecule has 0 unspecified atom stereocenters. The quantitative estimate of drug-likeness (QED) is 0.687. The Hall–Kier alpha value is -2.80. The number of halogens is 4. The molecule has 0 saturated heterocycles. The first-order valence-corrected chi connectivity index (χ1v) is 8.74. The van der Waals surface area contributed by atoms with Crippen LogP contribution in [0.4, 0.5) is 13.2 Å². The van der Waals surface area contributed by atoms with Crippen molar-refractivity contribution in [1.82, 2.24) is 9.88 Å². The van der Waals surface area contributed by atoms with Gasteiger partial charge in [0.15, 0.2) is 0 Å². The number of H-pyrrole nitrogens is 1. The number of hydrogen-bond donors (Lipinski definition) is 1. The molecule has 0 saturated carbocycles. The summed E-state index contributed by atoms with van der Waals surface area (Å²) in [4.78, 5) is 27.5. The van der Waals surface area contributed by atoms with Gasteiger partial charge >= 0.3 is 12.1 Å². The highest BCUT2D eigenvalue weighted by molar-refractivity contribution is 6.30. The van der Waals surface area contributed by atoms with Gasteiger partial charge in [0, 0.05) is 22.6 Å². The number of alkyl halides is 3. The van der Waals surface area contributed by atoms with Gasteiger partial charge in [-0.1, -0.05) is 35.4 Å². The van der Waals surface area contributed by atoms with Gasteiger partial charge in [-0.05, 0) is 48.2 Å². The minimum absolute atomic E-state index is 0.0738. The number of aromatic nitrogens is 1. The Bertz CT molecular complexity index is 1080. The summed E-state index contributed by atoms with van der Waals surface area (Å²) < 4.78 is 39.2. The average Bonchev–Trinajstić information content (AvgIpc) is 2.62. The molecular formula is C20H16ClF3N2O2. The third-order valence-electron chi connectivity index (χ3n) is 4.25. The summed E-state index contributed by atoms with van der Waals surface area (Å²) in [5.41, 5.74) is 1.52. The molecule has 0 bridgehead atoms. The van der Waals surface area contributed by atoms with Crippen LogP contribution in [0.3, 0.4) is 0 Å². The molecule has 0 aliphatic heterocycles. The first-order valence-electron chi connectivity index (χ1n) is 8.36. The summed E-state index contributed by atoms with van der Waals surface area (Å²) in [6.07, 6.45) is -5.05. The zero-order valence-electron chi connectivity index (χ0n) is 14.8. The standard InChI is InChI=1S/C20H16ClF3N2O2/c1-12-2-7-17-14(8-12)9-15(18(27)25-17)11-26(19(28)20(22,23)24)10-13-3-5-16(21)6-4-13/h2-9H,10-11H2,1H3,(H,25,27). The van der Waals surface area contributed by atoms with E-state index >= 15 is 0 Å². The van der Waals surface area contributed by atoms with Crippen LogP contribution in [-0.4, -0.2) is 22.0 Å². The van der Waals surface area contributed by atoms with Crippen LogP contribution < -0.4 is 5.56 Å². The van der Waals surface area contributed by atoms with Crippen LogP contribution in [0.25, 0.3) is 10.9 Å². The molecule has 0 radical (unpaired) electrons. The molecule has 0 atom stereocenters. The summed E-state index contributed by atoms with van der Waals surface area (Å²) in [5, 5.41) is 1.11. The molecule has 3 rings (SSSR count). The van der Waals surface area contributed by atoms with Gasteiger partial charge in [-0.15, -0.1) is 0 Å². The number of nitrogens with zero attached hydrogens (tertiary/aromatic N) is 1. The number of hydrogen-bond acceptors (Lipinski definition) is 2. The van der Waals surface area contributed by atoms with Crippen molar-refractivity contribution in [3.05, 3.63) is 80.6 Å². The van der Waals surface area contributed by atoms with E-state index in [2.05, 4.69) is 4.98 Å². The van der Waals surface area contributed by atoms with E-state index in [1.165, 1.54) is 30.3 Å². The second-order valence-corrected chi connectivity index (χ2v) is 6.94. The smallest absolute Gasteiger partial charge is 0.326 e. The summed E-state index contributed by atoms with van der Waals surface area (Å²) in [5.74, 6) is -2.01. The van der Waals surface area contributed by atoms with Gasteiger partial charge in [-0.3, -0.25) is 9.59 Å². The van der Waals surface area contributed by atoms with E-state index in [0.717, 1.165) is 5.56 Å². The number of nitrogens with one attached hydrogen (secondary N) is 1. The van der Waals surface area contributed by atoms with Crippen LogP contribution in [0.1, 0.15) is 16.7 Å². The van der Waals surface area contributed by atoms with Crippen LogP contribution in [0.2, 0.25) is 5.02 Å². The third-order valence-corrected chi connectivity index (χ3v) is 4.51. The Morgan fingerprint density at radius 3 is 2.39 bits per heavy atom. The Morgan fingerprint density at radius 1 is 1.07 bits per heavy atom. The molecule has 146 valence electrons. The number of carbonyl (C=O) groups is 1. The second kappa shape index (κ2) is 7.67. The Balaban J connectivity index is 1.97. The molecule has 8 heteroatoms. The van der Waals surface area contributed by atoms with Crippen LogP contribution in [-0.2, 0) is 17.9 Å². The average molecular weight is 409 g/mol. The van der Waals surface area contributed by atoms with E-state index in [1.54, 1.807) is 6.07 Å². The van der Waals surface area contributed by atoms with Crippen molar-refractivity contribution < 1.29 is 18.0 Å². The van der Waals surface area contributed by atoms with Gasteiger partial charge in [0.2, 0.25) is 0 Å². The van der Waals surface area contributed by atoms with Gasteiger partial charge < -0.3 is 9.88 Å². The van der Waals surface area contributed by atoms with Crippen LogP contribution in [0, 0.1) is 6.92 Å². The molecule has 1 heterocycles. The zero-order valence-corrected chi connectivity index (χ0v) is 15.6. The molecule has 1 amide bonds. The first-order chi connectivity index (χ1) is 13.1. The molecular weight excluding hydrogens is 393 g/mol. The number of benzene rings is 2. The minimum atomic E-state index is -5.05. The summed E-state index contributed by atoms with van der Waals surface area (Å²) in [6.45, 7) is 1.09. The lowest BCUT2D eigenvalue weighted by Gasteiger charge is -2.24. The summed E-state index contributed by atoms with van der Waals surface area (Å²) >= 11 is 5.80. The monoisotopic (exact) mass is 408 g/mol. The van der Waals surface area contributed by atoms with Crippen molar-refractivity contribution in [1.29, 1.82) is 0 Å². The highest BCUT2D eigenvalue weighted by atomic mass is 35.5. The summed E-state index contributed by atoms with van der Waals surface area (Å²) in [7, 11) is 0. The van der Waals surface area contributed by atoms with Gasteiger partial charge in [-0.2, -0.15) is 13.2 Å². The van der Waals surface area contributed by atoms with Gasteiger partial charge in [-0.25, -0.2) is 0 Å². The fraction of sp³-hybridized carbons (Fsp3) is 0.200. The van der Waals surface area contributed by atoms with Crippen molar-refractivity contribution in [2.75, 3.05) is 0 Å². The topological polar surface area (TPSA) is 53.2 Å². The third kappa shape index (κ3) is 4.54. The molecule has 0 aliphatic rings. The van der Waals surface area contributed by atoms with Crippen molar-refractivity contribution in [2.24, 2.45) is 0 Å². The number of amides is 1. The molecule has 1 aromatic heterocycles. The number of aryl methyl sites for hydroxylation is 1. The SMILES string of the molecule is Cc1ccc2[nH]c(=O)c(CN(Cc3ccc(Cl)cc3)C(=O)C(F)(F)F)cc2c1. The van der Waals surface area contributed by atoms with E-state index in [0.29, 0.717) is 26.4 Å². The zero-order chi connectivity index (χ0) is 20.5. The number of aromatic amines is 1. The van der Waals surface area contributed by atoms with Gasteiger partial charge in [0.05, 0.1) is 6.54 Å². The number of rotatable bonds is 4. The predicted molar refractivity (Wildman–Crippen MR) is 101 cm³/mol. The van der Waals surface area contributed by atoms with E-state index in [4.69, 9.17) is 11.6 Å². The maximum atomic E-state index is 13.1. The van der Waals surface area contributed by atoms with Gasteiger partial charge in [0.25, 0.3) is 5.56 Å². The highest BCUT2D eigenvalue weighted by Crippen LogP contribution is 2.23. The van der Waals surface area contributed by atoms with Crippen molar-refractivity contribution >= 4 is 28.4 Å². The van der Waals surface area contributed by atoms with Crippen molar-refractivity contribution in [3.63, 3.8) is 0 Å². The molecule has 0 aliphatic carbocycles. The highest BCUT2D eigenvalue weighted by Gasteiger charge is 2.42. The molecule has 3 aromatic rings. The normalized spacial score (nSPS) is 11.6. The number of carbonyl (C=O) groups excluding carboxylic acids is 1. The Kier molecular flexibility index (Phi) is 5.47. The minimum Gasteiger partial charge on any atom is -0.326 e. The van der Waals surface area contributed by atoms with Crippen LogP contribution >= 0.6 is 11.6 Å². The van der Waals surface area contributed by atoms with Crippen molar-refractivity contribution in [3.8, 4) is 0 Å². The fourth-order valence-electron chi connectivity index (χ4n) is 2.88. The lowest BCUT2D eigenvalue weighted by atomic mass is 10.1. The molecule has 4 nitrogen and oxygen atoms in total. The maximum Gasteiger partial charge on any atom is 0.471 e. The molecule has 0 spiro atoms. The Labute approximate surface area is 163 Å². The second-order valence-electron chi connectivity index (χ2n) is 6.50. The molecule has 28 heavy (non-hydrogen) atoms. The lowest BCUT2D eigenvalue weighted by Crippen LogP contribution is -2.41. The number of fused-ring (bicyclic) bond motifs is 1. The maximum absolute atomic E-state index is 13.1. The van der Waals surface area contributed by atoms with E-state index < -0.39 is 24.2 Å². The number of pyridine rings is 1. The van der Waals surface area contributed by atoms with Crippen molar-refractivity contribution in [2.45, 2.75) is 26.2 Å².